The lowest BCUT2D eigenvalue weighted by Crippen LogP contribution is -2.45. The maximum atomic E-state index is 12.3. The third-order valence-corrected chi connectivity index (χ3v) is 8.26. The van der Waals surface area contributed by atoms with Crippen LogP contribution in [0.1, 0.15) is 85.0 Å². The fourth-order valence-corrected chi connectivity index (χ4v) is 7.15. The third-order valence-electron chi connectivity index (χ3n) is 8.26. The highest BCUT2D eigenvalue weighted by atomic mass is 16.1. The van der Waals surface area contributed by atoms with Gasteiger partial charge in [0, 0.05) is 12.3 Å². The summed E-state index contributed by atoms with van der Waals surface area (Å²) in [6, 6.07) is 0. The molecule has 132 valence electrons. The van der Waals surface area contributed by atoms with Gasteiger partial charge in [-0.15, -0.1) is 0 Å². The quantitative estimate of drug-likeness (QED) is 0.548. The maximum Gasteiger partial charge on any atom is 0.159 e. The van der Waals surface area contributed by atoms with Crippen LogP contribution >= 0.6 is 0 Å². The van der Waals surface area contributed by atoms with Crippen molar-refractivity contribution in [3.05, 3.63) is 22.8 Å². The van der Waals surface area contributed by atoms with E-state index in [9.17, 15) is 4.79 Å². The fraction of sp³-hybridized carbons (Fsp3) is 0.783. The molecular weight excluding hydrogens is 292 g/mol. The molecule has 4 aliphatic carbocycles. The van der Waals surface area contributed by atoms with Gasteiger partial charge in [-0.2, -0.15) is 0 Å². The highest BCUT2D eigenvalue weighted by molar-refractivity contribution is 5.94. The molecule has 4 aliphatic rings. The predicted molar refractivity (Wildman–Crippen MR) is 99.7 cm³/mol. The first-order valence-electron chi connectivity index (χ1n) is 10.5. The van der Waals surface area contributed by atoms with Crippen molar-refractivity contribution >= 4 is 5.78 Å². The summed E-state index contributed by atoms with van der Waals surface area (Å²) in [4.78, 5) is 12.3. The molecule has 0 unspecified atom stereocenters. The number of carbonyl (C=O) groups excluding carboxylic acids is 1. The van der Waals surface area contributed by atoms with Crippen molar-refractivity contribution in [2.75, 3.05) is 0 Å². The fourth-order valence-electron chi connectivity index (χ4n) is 7.15. The van der Waals surface area contributed by atoms with Crippen molar-refractivity contribution in [2.24, 2.45) is 29.1 Å². The van der Waals surface area contributed by atoms with E-state index in [2.05, 4.69) is 26.8 Å². The summed E-state index contributed by atoms with van der Waals surface area (Å²) in [5, 5.41) is 0. The molecule has 0 spiro atoms. The summed E-state index contributed by atoms with van der Waals surface area (Å²) in [7, 11) is 0. The molecule has 0 saturated heterocycles. The van der Waals surface area contributed by atoms with Gasteiger partial charge in [-0.1, -0.05) is 43.9 Å². The first kappa shape index (κ1) is 16.6. The van der Waals surface area contributed by atoms with Crippen LogP contribution in [0, 0.1) is 29.1 Å². The molecule has 0 heterocycles. The van der Waals surface area contributed by atoms with Gasteiger partial charge < -0.3 is 0 Å². The van der Waals surface area contributed by atoms with Crippen LogP contribution in [0.5, 0.6) is 0 Å². The van der Waals surface area contributed by atoms with Gasteiger partial charge in [0.15, 0.2) is 5.78 Å². The summed E-state index contributed by atoms with van der Waals surface area (Å²) >= 11 is 0. The van der Waals surface area contributed by atoms with Crippen LogP contribution < -0.4 is 0 Å². The van der Waals surface area contributed by atoms with Gasteiger partial charge >= 0.3 is 0 Å². The second-order valence-corrected chi connectivity index (χ2v) is 9.23. The Morgan fingerprint density at radius 1 is 1.12 bits per heavy atom. The zero-order valence-electron chi connectivity index (χ0n) is 15.9. The SMILES string of the molecule is CCC(CC)=C1CC(=O)C=C2CC[C@@H]3[C@H](CC[C@]4(C)CCC[C@@H]34)[C@H]21. The topological polar surface area (TPSA) is 17.1 Å². The van der Waals surface area contributed by atoms with Crippen molar-refractivity contribution in [2.45, 2.75) is 85.0 Å². The Labute approximate surface area is 148 Å². The minimum Gasteiger partial charge on any atom is -0.295 e. The van der Waals surface area contributed by atoms with Gasteiger partial charge in [-0.05, 0) is 80.6 Å². The second-order valence-electron chi connectivity index (χ2n) is 9.23. The normalized spacial score (nSPS) is 41.4. The standard InChI is InChI=1S/C23H34O/c1-4-15(5-2)20-14-17(24)13-16-8-9-18-19(22(16)20)10-12-23(3)11-6-7-21(18)23/h13,18-19,21-22H,4-12,14H2,1-3H3/t18-,19+,21+,22+,23+/m1/s1. The van der Waals surface area contributed by atoms with Crippen molar-refractivity contribution < 1.29 is 4.79 Å². The van der Waals surface area contributed by atoms with Gasteiger partial charge in [-0.25, -0.2) is 0 Å². The van der Waals surface area contributed by atoms with E-state index in [1.54, 1.807) is 11.1 Å². The monoisotopic (exact) mass is 326 g/mol. The molecule has 0 aromatic heterocycles. The smallest absolute Gasteiger partial charge is 0.159 e. The molecule has 0 aromatic carbocycles. The molecule has 0 amide bonds. The zero-order chi connectivity index (χ0) is 16.9. The minimum atomic E-state index is 0.371. The van der Waals surface area contributed by atoms with E-state index in [4.69, 9.17) is 0 Å². The van der Waals surface area contributed by atoms with E-state index in [1.165, 1.54) is 50.5 Å². The van der Waals surface area contributed by atoms with Crippen molar-refractivity contribution in [1.82, 2.24) is 0 Å². The number of hydrogen-bond donors (Lipinski definition) is 0. The summed E-state index contributed by atoms with van der Waals surface area (Å²) < 4.78 is 0. The number of ketones is 1. The average Bonchev–Trinajstić information content (AvgIpc) is 2.97. The molecule has 3 fully saturated rings. The highest BCUT2D eigenvalue weighted by Gasteiger charge is 2.53. The van der Waals surface area contributed by atoms with E-state index >= 15 is 0 Å². The average molecular weight is 327 g/mol. The molecule has 0 N–H and O–H groups in total. The van der Waals surface area contributed by atoms with Crippen molar-refractivity contribution in [1.29, 1.82) is 0 Å². The minimum absolute atomic E-state index is 0.371. The Balaban J connectivity index is 1.73. The maximum absolute atomic E-state index is 12.3. The van der Waals surface area contributed by atoms with Gasteiger partial charge in [0.25, 0.3) is 0 Å². The highest BCUT2D eigenvalue weighted by Crippen LogP contribution is 2.62. The summed E-state index contributed by atoms with van der Waals surface area (Å²) in [5.74, 6) is 3.71. The van der Waals surface area contributed by atoms with E-state index in [-0.39, 0.29) is 0 Å². The zero-order valence-corrected chi connectivity index (χ0v) is 15.9. The summed E-state index contributed by atoms with van der Waals surface area (Å²) in [6.07, 6.45) is 14.8. The Kier molecular flexibility index (Phi) is 4.25. The number of allylic oxidation sites excluding steroid dienone is 3. The molecule has 5 atom stereocenters. The lowest BCUT2D eigenvalue weighted by atomic mass is 9.51. The van der Waals surface area contributed by atoms with Crippen molar-refractivity contribution in [3.8, 4) is 0 Å². The predicted octanol–water partition coefficient (Wildman–Crippen LogP) is 6.24. The van der Waals surface area contributed by atoms with Crippen LogP contribution in [0.3, 0.4) is 0 Å². The van der Waals surface area contributed by atoms with Crippen LogP contribution in [0.25, 0.3) is 0 Å². The van der Waals surface area contributed by atoms with Crippen LogP contribution in [0.15, 0.2) is 22.8 Å². The van der Waals surface area contributed by atoms with E-state index in [1.807, 2.05) is 0 Å². The van der Waals surface area contributed by atoms with E-state index < -0.39 is 0 Å². The number of hydrogen-bond acceptors (Lipinski definition) is 1. The largest absolute Gasteiger partial charge is 0.295 e. The van der Waals surface area contributed by atoms with Gasteiger partial charge in [0.05, 0.1) is 0 Å². The number of carbonyl (C=O) groups is 1. The summed E-state index contributed by atoms with van der Waals surface area (Å²) in [5.41, 5.74) is 5.27. The Morgan fingerprint density at radius 2 is 1.92 bits per heavy atom. The first-order chi connectivity index (χ1) is 11.6. The first-order valence-corrected chi connectivity index (χ1v) is 10.5. The van der Waals surface area contributed by atoms with E-state index in [0.717, 1.165) is 37.0 Å². The van der Waals surface area contributed by atoms with Gasteiger partial charge in [0.2, 0.25) is 0 Å². The van der Waals surface area contributed by atoms with E-state index in [0.29, 0.717) is 17.1 Å². The Morgan fingerprint density at radius 3 is 2.67 bits per heavy atom. The van der Waals surface area contributed by atoms with Crippen molar-refractivity contribution in [3.63, 3.8) is 0 Å². The molecule has 0 aliphatic heterocycles. The molecule has 0 radical (unpaired) electrons. The number of fused-ring (bicyclic) bond motifs is 5. The summed E-state index contributed by atoms with van der Waals surface area (Å²) in [6.45, 7) is 7.14. The van der Waals surface area contributed by atoms with Crippen LogP contribution in [0.4, 0.5) is 0 Å². The third kappa shape index (κ3) is 2.45. The van der Waals surface area contributed by atoms with Crippen LogP contribution in [0.2, 0.25) is 0 Å². The molecule has 0 bridgehead atoms. The molecule has 1 nitrogen and oxygen atoms in total. The number of rotatable bonds is 2. The Hall–Kier alpha value is -0.850. The van der Waals surface area contributed by atoms with Crippen LogP contribution in [-0.4, -0.2) is 5.78 Å². The second kappa shape index (κ2) is 6.15. The lowest BCUT2D eigenvalue weighted by Gasteiger charge is -2.53. The van der Waals surface area contributed by atoms with Crippen LogP contribution in [-0.2, 0) is 4.79 Å². The van der Waals surface area contributed by atoms with Gasteiger partial charge in [-0.3, -0.25) is 4.79 Å². The molecule has 4 rings (SSSR count). The lowest BCUT2D eigenvalue weighted by molar-refractivity contribution is -0.114. The Bertz CT molecular complexity index is 589. The molecule has 1 heteroatoms. The molecule has 3 saturated carbocycles. The molecular formula is C23H34O. The van der Waals surface area contributed by atoms with Gasteiger partial charge in [0.1, 0.15) is 0 Å². The molecule has 24 heavy (non-hydrogen) atoms. The molecule has 0 aromatic rings.